The Morgan fingerprint density at radius 1 is 0.278 bits per heavy atom. The molecule has 0 fully saturated rings. The summed E-state index contributed by atoms with van der Waals surface area (Å²) < 4.78 is 4.78. The minimum absolute atomic E-state index is 0.238. The summed E-state index contributed by atoms with van der Waals surface area (Å²) in [7, 11) is 0. The number of aromatic nitrogens is 2. The topological polar surface area (TPSA) is 13.1 Å². The maximum atomic E-state index is 2.44. The summed E-state index contributed by atoms with van der Waals surface area (Å²) in [6.07, 6.45) is 0. The van der Waals surface area contributed by atoms with Crippen LogP contribution in [0, 0.1) is 0 Å². The van der Waals surface area contributed by atoms with Crippen LogP contribution in [-0.4, -0.2) is 9.13 Å². The third kappa shape index (κ3) is 6.66. The van der Waals surface area contributed by atoms with Gasteiger partial charge in [-0.25, -0.2) is 0 Å². The third-order valence-corrected chi connectivity index (χ3v) is 15.3. The van der Waals surface area contributed by atoms with Crippen molar-refractivity contribution in [3.63, 3.8) is 0 Å². The lowest BCUT2D eigenvalue weighted by Gasteiger charge is -2.28. The molecule has 11 aromatic carbocycles. The predicted octanol–water partition coefficient (Wildman–Crippen LogP) is 18.7. The molecule has 0 amide bonds. The lowest BCUT2D eigenvalue weighted by molar-refractivity contribution is 0.660. The van der Waals surface area contributed by atoms with Crippen molar-refractivity contribution < 1.29 is 0 Å². The Balaban J connectivity index is 0.821. The number of hydrogen-bond donors (Lipinski definition) is 0. The fraction of sp³-hybridized carbons (Fsp3) is 0.0435. The lowest BCUT2D eigenvalue weighted by atomic mass is 9.81. The number of anilines is 3. The Morgan fingerprint density at radius 3 is 1.22 bits per heavy atom. The quantitative estimate of drug-likeness (QED) is 0.148. The van der Waals surface area contributed by atoms with Crippen molar-refractivity contribution in [2.45, 2.75) is 19.3 Å². The Labute approximate surface area is 419 Å². The molecule has 2 heterocycles. The van der Waals surface area contributed by atoms with Crippen LogP contribution >= 0.6 is 0 Å². The summed E-state index contributed by atoms with van der Waals surface area (Å²) in [5, 5.41) is 5.07. The first-order valence-corrected chi connectivity index (χ1v) is 25.0. The second-order valence-electron chi connectivity index (χ2n) is 19.7. The maximum absolute atomic E-state index is 2.44. The molecule has 0 saturated heterocycles. The SMILES string of the molecule is CC1(C)c2cc(-c3ccc4c5ccccc5n(-c5ccccc5)c4c3)ccc2-c2ccc(N(c3ccc(-c4ccccc4)cc3)c3ccc(-c4ccc(-n5c6ccccc6c6ccccc65)cc4)cc3)cc21. The second-order valence-corrected chi connectivity index (χ2v) is 19.7. The van der Waals surface area contributed by atoms with Gasteiger partial charge in [0, 0.05) is 55.4 Å². The van der Waals surface area contributed by atoms with Crippen LogP contribution in [-0.2, 0) is 5.41 Å². The van der Waals surface area contributed by atoms with Crippen molar-refractivity contribution in [3.05, 3.63) is 272 Å². The number of benzene rings is 11. The molecule has 0 spiro atoms. The van der Waals surface area contributed by atoms with Gasteiger partial charge in [-0.05, 0) is 147 Å². The molecule has 0 atom stereocenters. The molecule has 0 N–H and O–H groups in total. The van der Waals surface area contributed by atoms with Crippen molar-refractivity contribution in [2.75, 3.05) is 4.90 Å². The van der Waals surface area contributed by atoms with Crippen LogP contribution in [0.15, 0.2) is 261 Å². The molecule has 0 bridgehead atoms. The highest BCUT2D eigenvalue weighted by Crippen LogP contribution is 2.52. The highest BCUT2D eigenvalue weighted by atomic mass is 15.1. The zero-order valence-corrected chi connectivity index (χ0v) is 40.2. The standard InChI is InChI=1S/C69H49N3/c1-69(2)63-43-50(51-32-41-62-61-21-11-14-24-67(61)72(68(62)44-51)52-17-7-4-8-18-52)31-40-57(63)58-42-39-56(45-64(58)69)70(53-33-25-47(26-34-53)46-15-5-3-6-16-46)54-35-27-48(28-36-54)49-29-37-55(38-30-49)71-65-22-12-9-19-59(65)60-20-10-13-23-66(60)71/h3-45H,1-2H3. The van der Waals surface area contributed by atoms with Crippen LogP contribution in [0.5, 0.6) is 0 Å². The van der Waals surface area contributed by atoms with Gasteiger partial charge in [0.2, 0.25) is 0 Å². The average molecular weight is 920 g/mol. The Hall–Kier alpha value is -9.18. The largest absolute Gasteiger partial charge is 0.310 e. The van der Waals surface area contributed by atoms with E-state index in [1.54, 1.807) is 0 Å². The molecule has 72 heavy (non-hydrogen) atoms. The molecular formula is C69H49N3. The van der Waals surface area contributed by atoms with Gasteiger partial charge in [0.1, 0.15) is 0 Å². The smallest absolute Gasteiger partial charge is 0.0547 e. The summed E-state index contributed by atoms with van der Waals surface area (Å²) >= 11 is 0. The summed E-state index contributed by atoms with van der Waals surface area (Å²) in [5.41, 5.74) is 22.8. The zero-order chi connectivity index (χ0) is 47.9. The molecule has 13 aromatic rings. The second kappa shape index (κ2) is 16.5. The van der Waals surface area contributed by atoms with Gasteiger partial charge in [0.05, 0.1) is 22.1 Å². The summed E-state index contributed by atoms with van der Waals surface area (Å²) in [5.74, 6) is 0. The van der Waals surface area contributed by atoms with Gasteiger partial charge in [-0.15, -0.1) is 0 Å². The molecule has 3 heteroatoms. The first kappa shape index (κ1) is 41.8. The number of hydrogen-bond acceptors (Lipinski definition) is 1. The van der Waals surface area contributed by atoms with Crippen molar-refractivity contribution in [1.29, 1.82) is 0 Å². The Kier molecular flexibility index (Phi) is 9.56. The van der Waals surface area contributed by atoms with Gasteiger partial charge < -0.3 is 14.0 Å². The van der Waals surface area contributed by atoms with E-state index in [1.165, 1.54) is 105 Å². The maximum Gasteiger partial charge on any atom is 0.0547 e. The fourth-order valence-electron chi connectivity index (χ4n) is 11.7. The minimum Gasteiger partial charge on any atom is -0.310 e. The molecule has 14 rings (SSSR count). The van der Waals surface area contributed by atoms with Crippen LogP contribution in [0.2, 0.25) is 0 Å². The number of nitrogens with zero attached hydrogens (tertiary/aromatic N) is 3. The molecule has 0 unspecified atom stereocenters. The van der Waals surface area contributed by atoms with Crippen LogP contribution < -0.4 is 4.90 Å². The van der Waals surface area contributed by atoms with E-state index in [0.29, 0.717) is 0 Å². The summed E-state index contributed by atoms with van der Waals surface area (Å²) in [6.45, 7) is 4.78. The van der Waals surface area contributed by atoms with E-state index in [0.717, 1.165) is 22.7 Å². The minimum atomic E-state index is -0.238. The highest BCUT2D eigenvalue weighted by Gasteiger charge is 2.36. The van der Waals surface area contributed by atoms with E-state index in [1.807, 2.05) is 0 Å². The Bertz CT molecular complexity index is 4140. The van der Waals surface area contributed by atoms with E-state index in [9.17, 15) is 0 Å². The fourth-order valence-corrected chi connectivity index (χ4v) is 11.7. The van der Waals surface area contributed by atoms with E-state index in [2.05, 4.69) is 289 Å². The molecule has 1 aliphatic carbocycles. The molecule has 3 nitrogen and oxygen atoms in total. The monoisotopic (exact) mass is 919 g/mol. The van der Waals surface area contributed by atoms with Gasteiger partial charge >= 0.3 is 0 Å². The molecule has 0 aliphatic heterocycles. The Morgan fingerprint density at radius 2 is 0.653 bits per heavy atom. The van der Waals surface area contributed by atoms with E-state index in [-0.39, 0.29) is 5.41 Å². The number of fused-ring (bicyclic) bond motifs is 9. The first-order chi connectivity index (χ1) is 35.5. The average Bonchev–Trinajstić information content (AvgIpc) is 4.04. The number of para-hydroxylation sites is 4. The van der Waals surface area contributed by atoms with Gasteiger partial charge in [0.25, 0.3) is 0 Å². The third-order valence-electron chi connectivity index (χ3n) is 15.3. The van der Waals surface area contributed by atoms with Gasteiger partial charge in [-0.3, -0.25) is 0 Å². The number of rotatable bonds is 8. The van der Waals surface area contributed by atoms with Crippen LogP contribution in [0.4, 0.5) is 17.1 Å². The highest BCUT2D eigenvalue weighted by molar-refractivity contribution is 6.11. The predicted molar refractivity (Wildman–Crippen MR) is 304 cm³/mol. The summed E-state index contributed by atoms with van der Waals surface area (Å²) in [6, 6.07) is 95.8. The van der Waals surface area contributed by atoms with Gasteiger partial charge in [-0.2, -0.15) is 0 Å². The molecule has 1 aliphatic rings. The van der Waals surface area contributed by atoms with E-state index >= 15 is 0 Å². The summed E-state index contributed by atoms with van der Waals surface area (Å²) in [4.78, 5) is 2.41. The van der Waals surface area contributed by atoms with Crippen LogP contribution in [0.25, 0.3) is 99.5 Å². The lowest BCUT2D eigenvalue weighted by Crippen LogP contribution is -2.16. The molecule has 0 saturated carbocycles. The molecule has 340 valence electrons. The van der Waals surface area contributed by atoms with E-state index < -0.39 is 0 Å². The zero-order valence-electron chi connectivity index (χ0n) is 40.2. The molecule has 0 radical (unpaired) electrons. The van der Waals surface area contributed by atoms with Crippen LogP contribution in [0.1, 0.15) is 25.0 Å². The normalized spacial score (nSPS) is 12.7. The van der Waals surface area contributed by atoms with Gasteiger partial charge in [-0.1, -0.05) is 184 Å². The van der Waals surface area contributed by atoms with Crippen molar-refractivity contribution in [3.8, 4) is 55.9 Å². The van der Waals surface area contributed by atoms with Crippen molar-refractivity contribution in [2.24, 2.45) is 0 Å². The molecular weight excluding hydrogens is 871 g/mol. The van der Waals surface area contributed by atoms with Crippen molar-refractivity contribution >= 4 is 60.7 Å². The van der Waals surface area contributed by atoms with Gasteiger partial charge in [0.15, 0.2) is 0 Å². The van der Waals surface area contributed by atoms with Crippen molar-refractivity contribution in [1.82, 2.24) is 9.13 Å². The van der Waals surface area contributed by atoms with Crippen LogP contribution in [0.3, 0.4) is 0 Å². The van der Waals surface area contributed by atoms with E-state index in [4.69, 9.17) is 0 Å². The first-order valence-electron chi connectivity index (χ1n) is 25.0. The molecule has 2 aromatic heterocycles.